The van der Waals surface area contributed by atoms with Crippen LogP contribution in [0.3, 0.4) is 0 Å². The molecule has 1 nitrogen and oxygen atoms in total. The van der Waals surface area contributed by atoms with E-state index in [2.05, 4.69) is 37.3 Å². The predicted octanol–water partition coefficient (Wildman–Crippen LogP) is 2.83. The van der Waals surface area contributed by atoms with Gasteiger partial charge in [0, 0.05) is 6.04 Å². The molecule has 14 heavy (non-hydrogen) atoms. The summed E-state index contributed by atoms with van der Waals surface area (Å²) >= 11 is 0. The third kappa shape index (κ3) is 2.05. The number of hydrogen-bond donors (Lipinski definition) is 1. The summed E-state index contributed by atoms with van der Waals surface area (Å²) in [5.74, 6) is 0.653. The lowest BCUT2D eigenvalue weighted by Crippen LogP contribution is -2.03. The Morgan fingerprint density at radius 2 is 2.07 bits per heavy atom. The molecule has 0 amide bonds. The quantitative estimate of drug-likeness (QED) is 0.773. The number of rotatable bonds is 3. The Bertz CT molecular complexity index is 326. The molecule has 1 aliphatic rings. The predicted molar refractivity (Wildman–Crippen MR) is 60.8 cm³/mol. The van der Waals surface area contributed by atoms with Crippen LogP contribution in [0.5, 0.6) is 0 Å². The second kappa shape index (κ2) is 3.97. The molecule has 0 unspecified atom stereocenters. The van der Waals surface area contributed by atoms with E-state index in [1.807, 2.05) is 6.07 Å². The summed E-state index contributed by atoms with van der Waals surface area (Å²) in [6.07, 6.45) is 4.58. The van der Waals surface area contributed by atoms with E-state index in [-0.39, 0.29) is 0 Å². The maximum atomic E-state index is 5.86. The molecule has 2 atom stereocenters. The Balaban J connectivity index is 2.15. The fourth-order valence-electron chi connectivity index (χ4n) is 1.88. The lowest BCUT2D eigenvalue weighted by atomic mass is 10.0. The molecule has 0 bridgehead atoms. The molecule has 0 aromatic heterocycles. The summed E-state index contributed by atoms with van der Waals surface area (Å²) in [5.41, 5.74) is 8.65. The van der Waals surface area contributed by atoms with Gasteiger partial charge in [-0.2, -0.15) is 0 Å². The van der Waals surface area contributed by atoms with Crippen molar-refractivity contribution >= 4 is 6.08 Å². The minimum absolute atomic E-state index is 0.421. The van der Waals surface area contributed by atoms with Crippen LogP contribution in [0.25, 0.3) is 6.08 Å². The van der Waals surface area contributed by atoms with Gasteiger partial charge in [-0.3, -0.25) is 0 Å². The van der Waals surface area contributed by atoms with E-state index in [1.165, 1.54) is 17.6 Å². The van der Waals surface area contributed by atoms with Crippen molar-refractivity contribution in [3.8, 4) is 0 Å². The highest BCUT2D eigenvalue weighted by Gasteiger charge is 2.35. The van der Waals surface area contributed by atoms with Gasteiger partial charge in [0.2, 0.25) is 0 Å². The fourth-order valence-corrected chi connectivity index (χ4v) is 1.88. The molecular formula is C13H17N. The summed E-state index contributed by atoms with van der Waals surface area (Å²) in [5, 5.41) is 0. The minimum Gasteiger partial charge on any atom is -0.327 e. The largest absolute Gasteiger partial charge is 0.327 e. The van der Waals surface area contributed by atoms with Crippen molar-refractivity contribution in [3.63, 3.8) is 0 Å². The van der Waals surface area contributed by atoms with E-state index >= 15 is 0 Å². The van der Waals surface area contributed by atoms with Gasteiger partial charge in [0.15, 0.2) is 0 Å². The van der Waals surface area contributed by atoms with Crippen LogP contribution < -0.4 is 5.73 Å². The van der Waals surface area contributed by atoms with Gasteiger partial charge in [-0.15, -0.1) is 0 Å². The first kappa shape index (κ1) is 9.47. The van der Waals surface area contributed by atoms with E-state index in [9.17, 15) is 0 Å². The Morgan fingerprint density at radius 3 is 2.57 bits per heavy atom. The number of nitrogens with two attached hydrogens (primary N) is 1. The van der Waals surface area contributed by atoms with Crippen molar-refractivity contribution in [1.82, 2.24) is 0 Å². The third-order valence-electron chi connectivity index (χ3n) is 2.88. The molecule has 2 rings (SSSR count). The zero-order valence-electron chi connectivity index (χ0n) is 8.61. The lowest BCUT2D eigenvalue weighted by molar-refractivity contribution is 0.870. The van der Waals surface area contributed by atoms with Gasteiger partial charge in [0.05, 0.1) is 0 Å². The number of benzene rings is 1. The molecule has 1 saturated carbocycles. The van der Waals surface area contributed by atoms with Crippen LogP contribution >= 0.6 is 0 Å². The Kier molecular flexibility index (Phi) is 2.69. The molecule has 2 N–H and O–H groups in total. The van der Waals surface area contributed by atoms with E-state index in [0.29, 0.717) is 12.0 Å². The fraction of sp³-hybridized carbons (Fsp3) is 0.385. The van der Waals surface area contributed by atoms with Gasteiger partial charge >= 0.3 is 0 Å². The first-order valence-electron chi connectivity index (χ1n) is 5.32. The second-order valence-electron chi connectivity index (χ2n) is 3.99. The SMILES string of the molecule is CC/C(=C\c1ccccc1)[C@H]1C[C@@H]1N. The minimum atomic E-state index is 0.421. The van der Waals surface area contributed by atoms with Crippen molar-refractivity contribution in [2.45, 2.75) is 25.8 Å². The first-order chi connectivity index (χ1) is 6.81. The summed E-state index contributed by atoms with van der Waals surface area (Å²) in [7, 11) is 0. The molecule has 1 fully saturated rings. The standard InChI is InChI=1S/C13H17N/c1-2-11(12-9-13(12)14)8-10-6-4-3-5-7-10/h3-8,12-13H,2,9,14H2,1H3/b11-8+/t12-,13+/m1/s1. The smallest absolute Gasteiger partial charge is 0.0112 e. The van der Waals surface area contributed by atoms with Gasteiger partial charge in [-0.25, -0.2) is 0 Å². The van der Waals surface area contributed by atoms with E-state index in [4.69, 9.17) is 5.73 Å². The monoisotopic (exact) mass is 187 g/mol. The van der Waals surface area contributed by atoms with E-state index < -0.39 is 0 Å². The van der Waals surface area contributed by atoms with Crippen molar-refractivity contribution < 1.29 is 0 Å². The summed E-state index contributed by atoms with van der Waals surface area (Å²) in [6.45, 7) is 2.21. The highest BCUT2D eigenvalue weighted by atomic mass is 14.7. The maximum Gasteiger partial charge on any atom is 0.0112 e. The van der Waals surface area contributed by atoms with E-state index in [1.54, 1.807) is 0 Å². The third-order valence-corrected chi connectivity index (χ3v) is 2.88. The Labute approximate surface area is 85.6 Å². The Morgan fingerprint density at radius 1 is 1.43 bits per heavy atom. The molecule has 1 aliphatic carbocycles. The van der Waals surface area contributed by atoms with Gasteiger partial charge in [-0.1, -0.05) is 48.9 Å². The average Bonchev–Trinajstić information content (AvgIpc) is 2.93. The van der Waals surface area contributed by atoms with Crippen LogP contribution in [0.1, 0.15) is 25.3 Å². The molecule has 0 heterocycles. The highest BCUT2D eigenvalue weighted by Crippen LogP contribution is 2.37. The molecular weight excluding hydrogens is 170 g/mol. The molecule has 0 radical (unpaired) electrons. The van der Waals surface area contributed by atoms with Gasteiger partial charge < -0.3 is 5.73 Å². The van der Waals surface area contributed by atoms with Gasteiger partial charge in [0.25, 0.3) is 0 Å². The molecule has 74 valence electrons. The van der Waals surface area contributed by atoms with Crippen molar-refractivity contribution in [2.75, 3.05) is 0 Å². The first-order valence-corrected chi connectivity index (χ1v) is 5.32. The van der Waals surface area contributed by atoms with Crippen molar-refractivity contribution in [3.05, 3.63) is 41.5 Å². The average molecular weight is 187 g/mol. The molecule has 1 aromatic carbocycles. The summed E-state index contributed by atoms with van der Waals surface area (Å²) < 4.78 is 0. The Hall–Kier alpha value is -1.08. The zero-order chi connectivity index (χ0) is 9.97. The van der Waals surface area contributed by atoms with E-state index in [0.717, 1.165) is 6.42 Å². The van der Waals surface area contributed by atoms with Crippen LogP contribution in [0.4, 0.5) is 0 Å². The van der Waals surface area contributed by atoms with Crippen LogP contribution in [-0.2, 0) is 0 Å². The van der Waals surface area contributed by atoms with Crippen LogP contribution in [0, 0.1) is 5.92 Å². The van der Waals surface area contributed by atoms with Crippen LogP contribution in [-0.4, -0.2) is 6.04 Å². The molecule has 1 heteroatoms. The normalized spacial score (nSPS) is 26.3. The molecule has 1 aromatic rings. The topological polar surface area (TPSA) is 26.0 Å². The van der Waals surface area contributed by atoms with Crippen LogP contribution in [0.2, 0.25) is 0 Å². The van der Waals surface area contributed by atoms with Crippen LogP contribution in [0.15, 0.2) is 35.9 Å². The zero-order valence-corrected chi connectivity index (χ0v) is 8.61. The second-order valence-corrected chi connectivity index (χ2v) is 3.99. The summed E-state index contributed by atoms with van der Waals surface area (Å²) in [4.78, 5) is 0. The molecule has 0 aliphatic heterocycles. The number of hydrogen-bond acceptors (Lipinski definition) is 1. The van der Waals surface area contributed by atoms with Gasteiger partial charge in [0.1, 0.15) is 0 Å². The lowest BCUT2D eigenvalue weighted by Gasteiger charge is -2.02. The van der Waals surface area contributed by atoms with Crippen molar-refractivity contribution in [1.29, 1.82) is 0 Å². The molecule has 0 spiro atoms. The molecule has 0 saturated heterocycles. The highest BCUT2D eigenvalue weighted by molar-refractivity contribution is 5.54. The van der Waals surface area contributed by atoms with Crippen molar-refractivity contribution in [2.24, 2.45) is 11.7 Å². The van der Waals surface area contributed by atoms with Gasteiger partial charge in [-0.05, 0) is 24.3 Å². The maximum absolute atomic E-state index is 5.86. The summed E-state index contributed by atoms with van der Waals surface area (Å²) in [6, 6.07) is 10.9.